The second-order valence-electron chi connectivity index (χ2n) is 5.15. The molecule has 1 aliphatic carbocycles. The SMILES string of the molecule is CC(C)N(CCC1(N)CCC1)CC(F)(F)F. The van der Waals surface area contributed by atoms with Crippen LogP contribution < -0.4 is 5.73 Å². The topological polar surface area (TPSA) is 29.3 Å². The van der Waals surface area contributed by atoms with E-state index in [4.69, 9.17) is 5.73 Å². The van der Waals surface area contributed by atoms with Crippen LogP contribution in [-0.2, 0) is 0 Å². The van der Waals surface area contributed by atoms with E-state index in [0.717, 1.165) is 19.3 Å². The van der Waals surface area contributed by atoms with Crippen LogP contribution in [0.15, 0.2) is 0 Å². The molecule has 2 N–H and O–H groups in total. The van der Waals surface area contributed by atoms with Gasteiger partial charge < -0.3 is 5.73 Å². The van der Waals surface area contributed by atoms with Crippen LogP contribution in [0.3, 0.4) is 0 Å². The molecule has 0 bridgehead atoms. The molecule has 1 rings (SSSR count). The number of halogens is 3. The Bertz CT molecular complexity index is 222. The van der Waals surface area contributed by atoms with E-state index in [0.29, 0.717) is 13.0 Å². The summed E-state index contributed by atoms with van der Waals surface area (Å²) in [6.07, 6.45) is -0.444. The summed E-state index contributed by atoms with van der Waals surface area (Å²) in [6.45, 7) is 3.18. The fraction of sp³-hybridized carbons (Fsp3) is 1.00. The number of alkyl halides is 3. The van der Waals surface area contributed by atoms with Gasteiger partial charge in [-0.15, -0.1) is 0 Å². The fourth-order valence-corrected chi connectivity index (χ4v) is 2.00. The van der Waals surface area contributed by atoms with Gasteiger partial charge in [0.2, 0.25) is 0 Å². The van der Waals surface area contributed by atoms with Crippen LogP contribution in [0.2, 0.25) is 0 Å². The summed E-state index contributed by atoms with van der Waals surface area (Å²) in [7, 11) is 0. The number of rotatable bonds is 5. The standard InChI is InChI=1S/C11H21F3N2/c1-9(2)16(8-11(12,13)14)7-6-10(15)4-3-5-10/h9H,3-8,15H2,1-2H3. The molecule has 0 amide bonds. The van der Waals surface area contributed by atoms with Gasteiger partial charge in [-0.3, -0.25) is 4.90 Å². The van der Waals surface area contributed by atoms with Crippen molar-refractivity contribution in [3.05, 3.63) is 0 Å². The molecule has 0 aromatic heterocycles. The maximum atomic E-state index is 12.3. The van der Waals surface area contributed by atoms with Gasteiger partial charge >= 0.3 is 6.18 Å². The highest BCUT2D eigenvalue weighted by Crippen LogP contribution is 2.32. The van der Waals surface area contributed by atoms with Crippen LogP contribution in [0.25, 0.3) is 0 Å². The maximum absolute atomic E-state index is 12.3. The first kappa shape index (κ1) is 13.8. The van der Waals surface area contributed by atoms with Gasteiger partial charge in [0.05, 0.1) is 6.54 Å². The predicted molar refractivity (Wildman–Crippen MR) is 58.2 cm³/mol. The quantitative estimate of drug-likeness (QED) is 0.797. The molecule has 1 fully saturated rings. The van der Waals surface area contributed by atoms with Gasteiger partial charge in [0.1, 0.15) is 0 Å². The summed E-state index contributed by atoms with van der Waals surface area (Å²) in [5.74, 6) is 0. The molecule has 0 aromatic carbocycles. The van der Waals surface area contributed by atoms with Crippen LogP contribution in [0.5, 0.6) is 0 Å². The summed E-state index contributed by atoms with van der Waals surface area (Å²) in [5, 5.41) is 0. The average molecular weight is 238 g/mol. The lowest BCUT2D eigenvalue weighted by Crippen LogP contribution is -2.50. The van der Waals surface area contributed by atoms with Crippen LogP contribution in [0.1, 0.15) is 39.5 Å². The van der Waals surface area contributed by atoms with E-state index < -0.39 is 12.7 Å². The van der Waals surface area contributed by atoms with E-state index in [1.807, 2.05) is 0 Å². The normalized spacial score (nSPS) is 20.2. The van der Waals surface area contributed by atoms with Crippen molar-refractivity contribution in [3.8, 4) is 0 Å². The molecule has 2 nitrogen and oxygen atoms in total. The van der Waals surface area contributed by atoms with Crippen molar-refractivity contribution in [2.45, 2.75) is 57.3 Å². The Morgan fingerprint density at radius 3 is 2.19 bits per heavy atom. The Kier molecular flexibility index (Phi) is 4.23. The van der Waals surface area contributed by atoms with E-state index in [1.54, 1.807) is 13.8 Å². The summed E-state index contributed by atoms with van der Waals surface area (Å²) in [6, 6.07) is -0.0923. The largest absolute Gasteiger partial charge is 0.401 e. The summed E-state index contributed by atoms with van der Waals surface area (Å²) in [5.41, 5.74) is 5.81. The molecule has 0 unspecified atom stereocenters. The van der Waals surface area contributed by atoms with Gasteiger partial charge in [0.25, 0.3) is 0 Å². The molecule has 96 valence electrons. The minimum absolute atomic E-state index is 0.0923. The smallest absolute Gasteiger partial charge is 0.325 e. The van der Waals surface area contributed by atoms with E-state index in [1.165, 1.54) is 4.90 Å². The number of nitrogens with two attached hydrogens (primary N) is 1. The lowest BCUT2D eigenvalue weighted by atomic mass is 9.75. The third-order valence-corrected chi connectivity index (χ3v) is 3.36. The van der Waals surface area contributed by atoms with Crippen molar-refractivity contribution in [2.24, 2.45) is 5.73 Å². The van der Waals surface area contributed by atoms with Crippen molar-refractivity contribution in [1.82, 2.24) is 4.90 Å². The molecule has 0 aliphatic heterocycles. The van der Waals surface area contributed by atoms with E-state index in [9.17, 15) is 13.2 Å². The molecule has 0 atom stereocenters. The summed E-state index contributed by atoms with van der Waals surface area (Å²) >= 11 is 0. The van der Waals surface area contributed by atoms with Crippen LogP contribution in [0, 0.1) is 0 Å². The lowest BCUT2D eigenvalue weighted by molar-refractivity contribution is -0.150. The zero-order valence-corrected chi connectivity index (χ0v) is 9.98. The highest BCUT2D eigenvalue weighted by Gasteiger charge is 2.35. The third-order valence-electron chi connectivity index (χ3n) is 3.36. The molecule has 0 radical (unpaired) electrons. The summed E-state index contributed by atoms with van der Waals surface area (Å²) < 4.78 is 36.9. The van der Waals surface area contributed by atoms with Gasteiger partial charge in [-0.05, 0) is 39.5 Å². The monoisotopic (exact) mass is 238 g/mol. The predicted octanol–water partition coefficient (Wildman–Crippen LogP) is 2.53. The van der Waals surface area contributed by atoms with Gasteiger partial charge in [-0.25, -0.2) is 0 Å². The Morgan fingerprint density at radius 2 is 1.88 bits per heavy atom. The molecule has 1 aliphatic rings. The lowest BCUT2D eigenvalue weighted by Gasteiger charge is -2.40. The maximum Gasteiger partial charge on any atom is 0.401 e. The van der Waals surface area contributed by atoms with E-state index in [-0.39, 0.29) is 11.6 Å². The number of nitrogens with zero attached hydrogens (tertiary/aromatic N) is 1. The van der Waals surface area contributed by atoms with Gasteiger partial charge in [0.15, 0.2) is 0 Å². The molecule has 5 heteroatoms. The highest BCUT2D eigenvalue weighted by atomic mass is 19.4. The van der Waals surface area contributed by atoms with Gasteiger partial charge in [0, 0.05) is 18.1 Å². The fourth-order valence-electron chi connectivity index (χ4n) is 2.00. The van der Waals surface area contributed by atoms with Crippen LogP contribution >= 0.6 is 0 Å². The first-order chi connectivity index (χ1) is 7.22. The zero-order chi connectivity index (χ0) is 12.4. The Labute approximate surface area is 95.0 Å². The molecule has 1 saturated carbocycles. The Morgan fingerprint density at radius 1 is 1.31 bits per heavy atom. The van der Waals surface area contributed by atoms with E-state index in [2.05, 4.69) is 0 Å². The van der Waals surface area contributed by atoms with Gasteiger partial charge in [-0.1, -0.05) is 0 Å². The minimum Gasteiger partial charge on any atom is -0.325 e. The average Bonchev–Trinajstić information content (AvgIpc) is 2.07. The van der Waals surface area contributed by atoms with Crippen LogP contribution in [-0.4, -0.2) is 35.7 Å². The van der Waals surface area contributed by atoms with Crippen molar-refractivity contribution in [3.63, 3.8) is 0 Å². The molecular formula is C11H21F3N2. The minimum atomic E-state index is -4.12. The summed E-state index contributed by atoms with van der Waals surface area (Å²) in [4.78, 5) is 1.45. The highest BCUT2D eigenvalue weighted by molar-refractivity contribution is 4.93. The molecule has 0 spiro atoms. The second kappa shape index (κ2) is 4.92. The van der Waals surface area contributed by atoms with Crippen LogP contribution in [0.4, 0.5) is 13.2 Å². The number of hydrogen-bond acceptors (Lipinski definition) is 2. The molecule has 0 aromatic rings. The second-order valence-corrected chi connectivity index (χ2v) is 5.15. The third kappa shape index (κ3) is 4.29. The Balaban J connectivity index is 2.39. The Hall–Kier alpha value is -0.290. The van der Waals surface area contributed by atoms with E-state index >= 15 is 0 Å². The molecule has 0 heterocycles. The molecular weight excluding hydrogens is 217 g/mol. The molecule has 16 heavy (non-hydrogen) atoms. The van der Waals surface area contributed by atoms with Crippen molar-refractivity contribution in [2.75, 3.05) is 13.1 Å². The van der Waals surface area contributed by atoms with Crippen molar-refractivity contribution >= 4 is 0 Å². The van der Waals surface area contributed by atoms with Crippen molar-refractivity contribution < 1.29 is 13.2 Å². The zero-order valence-electron chi connectivity index (χ0n) is 9.98. The van der Waals surface area contributed by atoms with Crippen molar-refractivity contribution in [1.29, 1.82) is 0 Å². The molecule has 0 saturated heterocycles. The van der Waals surface area contributed by atoms with Gasteiger partial charge in [-0.2, -0.15) is 13.2 Å². The first-order valence-electron chi connectivity index (χ1n) is 5.82. The first-order valence-corrected chi connectivity index (χ1v) is 5.82. The number of hydrogen-bond donors (Lipinski definition) is 1.